The smallest absolute Gasteiger partial charge is 0.407 e. The van der Waals surface area contributed by atoms with Crippen LogP contribution in [0.25, 0.3) is 0 Å². The number of carbonyl (C=O) groups excluding carboxylic acids is 1. The lowest BCUT2D eigenvalue weighted by Gasteiger charge is -2.09. The summed E-state index contributed by atoms with van der Waals surface area (Å²) in [4.78, 5) is 21.6. The van der Waals surface area contributed by atoms with Gasteiger partial charge in [0.25, 0.3) is 0 Å². The van der Waals surface area contributed by atoms with Crippen LogP contribution in [0.4, 0.5) is 4.79 Å². The number of aliphatic hydroxyl groups excluding tert-OH is 1. The molecule has 0 saturated carbocycles. The molecular weight excluding hydrogens is 250 g/mol. The first-order valence-electron chi connectivity index (χ1n) is 5.92. The Morgan fingerprint density at radius 3 is 2.58 bits per heavy atom. The van der Waals surface area contributed by atoms with Gasteiger partial charge in [0.15, 0.2) is 0 Å². The van der Waals surface area contributed by atoms with E-state index in [0.29, 0.717) is 0 Å². The molecule has 1 rings (SSSR count). The van der Waals surface area contributed by atoms with Gasteiger partial charge in [-0.15, -0.1) is 0 Å². The third-order valence-corrected chi connectivity index (χ3v) is 2.37. The average Bonchev–Trinajstić information content (AvgIpc) is 2.36. The monoisotopic (exact) mass is 267 g/mol. The molecule has 0 spiro atoms. The predicted octanol–water partition coefficient (Wildman–Crippen LogP) is 1.14. The minimum atomic E-state index is -1.07. The highest BCUT2D eigenvalue weighted by molar-refractivity contribution is 5.67. The fourth-order valence-corrected chi connectivity index (χ4v) is 1.42. The normalized spacial score (nSPS) is 11.6. The quantitative estimate of drug-likeness (QED) is 0.688. The summed E-state index contributed by atoms with van der Waals surface area (Å²) in [6, 6.07) is 9.24. The fourth-order valence-electron chi connectivity index (χ4n) is 1.42. The van der Waals surface area contributed by atoms with E-state index in [9.17, 15) is 14.7 Å². The number of alkyl carbamates (subject to hydrolysis) is 1. The van der Waals surface area contributed by atoms with Gasteiger partial charge >= 0.3 is 12.1 Å². The molecule has 1 aromatic carbocycles. The van der Waals surface area contributed by atoms with E-state index in [1.165, 1.54) is 0 Å². The Hall–Kier alpha value is -2.08. The maximum absolute atomic E-state index is 11.3. The van der Waals surface area contributed by atoms with Crippen molar-refractivity contribution in [1.82, 2.24) is 5.32 Å². The van der Waals surface area contributed by atoms with Gasteiger partial charge in [-0.05, 0) is 12.0 Å². The lowest BCUT2D eigenvalue weighted by Crippen LogP contribution is -2.28. The van der Waals surface area contributed by atoms with Crippen molar-refractivity contribution in [3.63, 3.8) is 0 Å². The summed E-state index contributed by atoms with van der Waals surface area (Å²) >= 11 is 0. The van der Waals surface area contributed by atoms with E-state index in [0.717, 1.165) is 5.56 Å². The third kappa shape index (κ3) is 7.05. The molecule has 104 valence electrons. The van der Waals surface area contributed by atoms with Crippen molar-refractivity contribution in [1.29, 1.82) is 0 Å². The van der Waals surface area contributed by atoms with Crippen molar-refractivity contribution in [2.45, 2.75) is 25.6 Å². The molecule has 6 heteroatoms. The molecule has 19 heavy (non-hydrogen) atoms. The van der Waals surface area contributed by atoms with E-state index in [4.69, 9.17) is 9.84 Å². The maximum atomic E-state index is 11.3. The standard InChI is InChI=1S/C13H17NO5/c15-11(8-12(16)17)6-7-14-13(18)19-9-10-4-2-1-3-5-10/h1-5,11,15H,6-9H2,(H,14,18)(H,16,17)/t11-/m1/s1. The van der Waals surface area contributed by atoms with Crippen LogP contribution in [0.3, 0.4) is 0 Å². The topological polar surface area (TPSA) is 95.9 Å². The summed E-state index contributed by atoms with van der Waals surface area (Å²) in [7, 11) is 0. The molecule has 0 bridgehead atoms. The predicted molar refractivity (Wildman–Crippen MR) is 67.5 cm³/mol. The van der Waals surface area contributed by atoms with Crippen molar-refractivity contribution in [2.24, 2.45) is 0 Å². The Kier molecular flexibility index (Phi) is 6.38. The molecular formula is C13H17NO5. The molecule has 1 amide bonds. The first-order chi connectivity index (χ1) is 9.08. The van der Waals surface area contributed by atoms with Crippen molar-refractivity contribution in [3.05, 3.63) is 35.9 Å². The molecule has 0 saturated heterocycles. The van der Waals surface area contributed by atoms with Crippen molar-refractivity contribution in [3.8, 4) is 0 Å². The van der Waals surface area contributed by atoms with Crippen LogP contribution in [0.2, 0.25) is 0 Å². The Balaban J connectivity index is 2.13. The Morgan fingerprint density at radius 1 is 1.26 bits per heavy atom. The van der Waals surface area contributed by atoms with Crippen LogP contribution >= 0.6 is 0 Å². The molecule has 0 radical (unpaired) electrons. The van der Waals surface area contributed by atoms with E-state index in [1.54, 1.807) is 0 Å². The van der Waals surface area contributed by atoms with Crippen LogP contribution in [0.1, 0.15) is 18.4 Å². The zero-order valence-electron chi connectivity index (χ0n) is 10.4. The van der Waals surface area contributed by atoms with Crippen LogP contribution in [0.15, 0.2) is 30.3 Å². The van der Waals surface area contributed by atoms with Crippen LogP contribution < -0.4 is 5.32 Å². The molecule has 0 aliphatic heterocycles. The summed E-state index contributed by atoms with van der Waals surface area (Å²) in [5, 5.41) is 20.1. The number of hydrogen-bond donors (Lipinski definition) is 3. The molecule has 0 aliphatic rings. The number of carboxylic acid groups (broad SMARTS) is 1. The highest BCUT2D eigenvalue weighted by Crippen LogP contribution is 2.01. The Morgan fingerprint density at radius 2 is 1.95 bits per heavy atom. The van der Waals surface area contributed by atoms with Gasteiger partial charge in [-0.3, -0.25) is 4.79 Å². The van der Waals surface area contributed by atoms with Crippen molar-refractivity contribution < 1.29 is 24.5 Å². The maximum Gasteiger partial charge on any atom is 0.407 e. The Bertz CT molecular complexity index is 407. The van der Waals surface area contributed by atoms with Crippen LogP contribution in [-0.4, -0.2) is 34.9 Å². The third-order valence-electron chi connectivity index (χ3n) is 2.37. The van der Waals surface area contributed by atoms with Gasteiger partial charge in [0.1, 0.15) is 6.61 Å². The zero-order valence-corrected chi connectivity index (χ0v) is 10.4. The molecule has 0 aromatic heterocycles. The summed E-state index contributed by atoms with van der Waals surface area (Å²) in [6.07, 6.45) is -1.72. The van der Waals surface area contributed by atoms with Crippen molar-refractivity contribution in [2.75, 3.05) is 6.54 Å². The number of carboxylic acids is 1. The lowest BCUT2D eigenvalue weighted by atomic mass is 10.2. The second kappa shape index (κ2) is 8.10. The number of rotatable bonds is 7. The minimum absolute atomic E-state index is 0.169. The first-order valence-corrected chi connectivity index (χ1v) is 5.92. The molecule has 1 aromatic rings. The van der Waals surface area contributed by atoms with Crippen LogP contribution in [0, 0.1) is 0 Å². The number of carbonyl (C=O) groups is 2. The summed E-state index contributed by atoms with van der Waals surface area (Å²) < 4.78 is 4.94. The number of hydrogen-bond acceptors (Lipinski definition) is 4. The van der Waals surface area contributed by atoms with E-state index >= 15 is 0 Å². The number of aliphatic carboxylic acids is 1. The summed E-state index contributed by atoms with van der Waals surface area (Å²) in [5.74, 6) is -1.07. The molecule has 0 heterocycles. The number of nitrogens with one attached hydrogen (secondary N) is 1. The van der Waals surface area contributed by atoms with Gasteiger partial charge in [-0.1, -0.05) is 30.3 Å². The largest absolute Gasteiger partial charge is 0.481 e. The molecule has 1 atom stereocenters. The SMILES string of the molecule is O=C(O)C[C@H](O)CCNC(=O)OCc1ccccc1. The van der Waals surface area contributed by atoms with Gasteiger partial charge in [-0.2, -0.15) is 0 Å². The van der Waals surface area contributed by atoms with E-state index < -0.39 is 18.2 Å². The molecule has 6 nitrogen and oxygen atoms in total. The lowest BCUT2D eigenvalue weighted by molar-refractivity contribution is -0.139. The molecule has 0 aliphatic carbocycles. The van der Waals surface area contributed by atoms with E-state index in [2.05, 4.69) is 5.32 Å². The minimum Gasteiger partial charge on any atom is -0.481 e. The molecule has 0 unspecified atom stereocenters. The van der Waals surface area contributed by atoms with Gasteiger partial charge < -0.3 is 20.3 Å². The average molecular weight is 267 g/mol. The van der Waals surface area contributed by atoms with Crippen LogP contribution in [-0.2, 0) is 16.1 Å². The van der Waals surface area contributed by atoms with Gasteiger partial charge in [0.05, 0.1) is 12.5 Å². The number of benzene rings is 1. The summed E-state index contributed by atoms with van der Waals surface area (Å²) in [5.41, 5.74) is 0.878. The number of ether oxygens (including phenoxy) is 1. The van der Waals surface area contributed by atoms with Crippen molar-refractivity contribution >= 4 is 12.1 Å². The van der Waals surface area contributed by atoms with E-state index in [1.807, 2.05) is 30.3 Å². The highest BCUT2D eigenvalue weighted by atomic mass is 16.5. The zero-order chi connectivity index (χ0) is 14.1. The molecule has 0 fully saturated rings. The number of aliphatic hydroxyl groups is 1. The first kappa shape index (κ1) is 15.0. The number of amides is 1. The second-order valence-electron chi connectivity index (χ2n) is 4.03. The Labute approximate surface area is 111 Å². The second-order valence-corrected chi connectivity index (χ2v) is 4.03. The van der Waals surface area contributed by atoms with Gasteiger partial charge in [0, 0.05) is 6.54 Å². The van der Waals surface area contributed by atoms with Gasteiger partial charge in [-0.25, -0.2) is 4.79 Å². The fraction of sp³-hybridized carbons (Fsp3) is 0.385. The van der Waals surface area contributed by atoms with Crippen LogP contribution in [0.5, 0.6) is 0 Å². The molecule has 3 N–H and O–H groups in total. The van der Waals surface area contributed by atoms with E-state index in [-0.39, 0.29) is 26.0 Å². The summed E-state index contributed by atoms with van der Waals surface area (Å²) in [6.45, 7) is 0.340. The van der Waals surface area contributed by atoms with Gasteiger partial charge in [0.2, 0.25) is 0 Å². The highest BCUT2D eigenvalue weighted by Gasteiger charge is 2.10.